The van der Waals surface area contributed by atoms with Gasteiger partial charge in [0, 0.05) is 29.5 Å². The van der Waals surface area contributed by atoms with E-state index in [1.807, 2.05) is 24.3 Å². The van der Waals surface area contributed by atoms with Crippen LogP contribution in [0.2, 0.25) is 0 Å². The zero-order chi connectivity index (χ0) is 19.0. The van der Waals surface area contributed by atoms with Gasteiger partial charge in [0.1, 0.15) is 0 Å². The molecular formula is C20H27BrN2O3S. The highest BCUT2D eigenvalue weighted by Gasteiger charge is 2.41. The Bertz CT molecular complexity index is 788. The Morgan fingerprint density at radius 2 is 1.78 bits per heavy atom. The molecule has 1 heterocycles. The molecule has 2 aliphatic carbocycles. The standard InChI is InChI=1S/C20H27BrN2O3S/c21-18-5-2-14(3-6-18)13-27(25,26)23-9-7-16(8-10-23)20(24)22-19-12-15-1-4-17(19)11-15/h2-3,5-6,15-17,19H,1,4,7-13H2,(H,22,24)/t15-,17-,19-/m0/s1. The van der Waals surface area contributed by atoms with Crippen LogP contribution in [0.3, 0.4) is 0 Å². The van der Waals surface area contributed by atoms with Crippen LogP contribution in [0, 0.1) is 17.8 Å². The van der Waals surface area contributed by atoms with Gasteiger partial charge in [0.2, 0.25) is 15.9 Å². The first-order valence-corrected chi connectivity index (χ1v) is 12.3. The predicted molar refractivity (Wildman–Crippen MR) is 108 cm³/mol. The van der Waals surface area contributed by atoms with Crippen molar-refractivity contribution in [2.75, 3.05) is 13.1 Å². The highest BCUT2D eigenvalue weighted by molar-refractivity contribution is 9.10. The summed E-state index contributed by atoms with van der Waals surface area (Å²) in [7, 11) is -3.34. The second-order valence-electron chi connectivity index (χ2n) is 8.35. The van der Waals surface area contributed by atoms with Gasteiger partial charge in [-0.2, -0.15) is 0 Å². The summed E-state index contributed by atoms with van der Waals surface area (Å²) in [5, 5.41) is 3.27. The van der Waals surface area contributed by atoms with Crippen LogP contribution in [-0.4, -0.2) is 37.8 Å². The molecule has 0 aromatic heterocycles. The largest absolute Gasteiger partial charge is 0.353 e. The number of amides is 1. The number of nitrogens with one attached hydrogen (secondary N) is 1. The molecule has 3 aliphatic rings. The Labute approximate surface area is 170 Å². The van der Waals surface area contributed by atoms with Gasteiger partial charge in [-0.05, 0) is 61.6 Å². The third-order valence-electron chi connectivity index (χ3n) is 6.55. The van der Waals surface area contributed by atoms with Gasteiger partial charge in [-0.1, -0.05) is 34.5 Å². The molecule has 0 radical (unpaired) electrons. The summed E-state index contributed by atoms with van der Waals surface area (Å²) in [6.45, 7) is 0.876. The minimum absolute atomic E-state index is 0.0162. The fraction of sp³-hybridized carbons (Fsp3) is 0.650. The molecule has 1 saturated heterocycles. The van der Waals surface area contributed by atoms with Crippen molar-refractivity contribution in [3.05, 3.63) is 34.3 Å². The fourth-order valence-corrected chi connectivity index (χ4v) is 6.83. The van der Waals surface area contributed by atoms with Gasteiger partial charge in [0.25, 0.3) is 0 Å². The third-order valence-corrected chi connectivity index (χ3v) is 8.92. The molecule has 5 nitrogen and oxygen atoms in total. The second-order valence-corrected chi connectivity index (χ2v) is 11.2. The molecule has 1 amide bonds. The lowest BCUT2D eigenvalue weighted by molar-refractivity contribution is -0.127. The van der Waals surface area contributed by atoms with E-state index < -0.39 is 10.0 Å². The summed E-state index contributed by atoms with van der Waals surface area (Å²) >= 11 is 3.37. The van der Waals surface area contributed by atoms with Crippen LogP contribution in [0.5, 0.6) is 0 Å². The van der Waals surface area contributed by atoms with E-state index in [1.165, 1.54) is 19.3 Å². The van der Waals surface area contributed by atoms with E-state index >= 15 is 0 Å². The first-order valence-electron chi connectivity index (χ1n) is 9.93. The van der Waals surface area contributed by atoms with Crippen molar-refractivity contribution in [1.82, 2.24) is 9.62 Å². The second kappa shape index (κ2) is 7.84. The first-order chi connectivity index (χ1) is 12.9. The van der Waals surface area contributed by atoms with E-state index in [2.05, 4.69) is 21.2 Å². The monoisotopic (exact) mass is 454 g/mol. The Hall–Kier alpha value is -0.920. The predicted octanol–water partition coefficient (Wildman–Crippen LogP) is 3.30. The lowest BCUT2D eigenvalue weighted by Crippen LogP contribution is -2.46. The van der Waals surface area contributed by atoms with Crippen LogP contribution in [0.25, 0.3) is 0 Å². The zero-order valence-corrected chi connectivity index (χ0v) is 17.8. The average Bonchev–Trinajstić information content (AvgIpc) is 3.27. The maximum Gasteiger partial charge on any atom is 0.223 e. The van der Waals surface area contributed by atoms with Gasteiger partial charge in [0.05, 0.1) is 5.75 Å². The molecular weight excluding hydrogens is 428 g/mol. The number of benzene rings is 1. The van der Waals surface area contributed by atoms with Crippen molar-refractivity contribution in [2.45, 2.75) is 50.3 Å². The number of halogens is 1. The summed E-state index contributed by atoms with van der Waals surface area (Å²) in [6.07, 6.45) is 6.22. The third kappa shape index (κ3) is 4.40. The number of piperidine rings is 1. The van der Waals surface area contributed by atoms with Crippen LogP contribution in [0.4, 0.5) is 0 Å². The normalized spacial score (nSPS) is 29.1. The van der Waals surface area contributed by atoms with Gasteiger partial charge < -0.3 is 5.32 Å². The molecule has 3 fully saturated rings. The van der Waals surface area contributed by atoms with E-state index in [1.54, 1.807) is 4.31 Å². The molecule has 1 aromatic carbocycles. The van der Waals surface area contributed by atoms with Gasteiger partial charge in [-0.25, -0.2) is 12.7 Å². The SMILES string of the molecule is O=C(N[C@H]1C[C@H]2CC[C@H]1C2)C1CCN(S(=O)(=O)Cc2ccc(Br)cc2)CC1. The Kier molecular flexibility index (Phi) is 5.63. The molecule has 3 atom stereocenters. The molecule has 0 unspecified atom stereocenters. The summed E-state index contributed by atoms with van der Waals surface area (Å²) in [5.41, 5.74) is 0.786. The molecule has 1 N–H and O–H groups in total. The molecule has 2 saturated carbocycles. The van der Waals surface area contributed by atoms with E-state index in [0.29, 0.717) is 37.9 Å². The molecule has 7 heteroatoms. The lowest BCUT2D eigenvalue weighted by atomic mass is 9.93. The number of nitrogens with zero attached hydrogens (tertiary/aromatic N) is 1. The van der Waals surface area contributed by atoms with Crippen LogP contribution >= 0.6 is 15.9 Å². The number of carbonyl (C=O) groups is 1. The number of hydrogen-bond acceptors (Lipinski definition) is 3. The molecule has 1 aromatic rings. The zero-order valence-electron chi connectivity index (χ0n) is 15.4. The molecule has 27 heavy (non-hydrogen) atoms. The summed E-state index contributed by atoms with van der Waals surface area (Å²) < 4.78 is 27.9. The van der Waals surface area contributed by atoms with E-state index in [4.69, 9.17) is 0 Å². The Balaban J connectivity index is 1.29. The maximum atomic E-state index is 12.7. The molecule has 4 rings (SSSR count). The van der Waals surface area contributed by atoms with Crippen LogP contribution < -0.4 is 5.32 Å². The van der Waals surface area contributed by atoms with Crippen LogP contribution in [-0.2, 0) is 20.6 Å². The minimum Gasteiger partial charge on any atom is -0.353 e. The molecule has 148 valence electrons. The van der Waals surface area contributed by atoms with Gasteiger partial charge in [0.15, 0.2) is 0 Å². The lowest BCUT2D eigenvalue weighted by Gasteiger charge is -2.32. The van der Waals surface area contributed by atoms with Crippen molar-refractivity contribution in [2.24, 2.45) is 17.8 Å². The number of hydrogen-bond donors (Lipinski definition) is 1. The summed E-state index contributed by atoms with van der Waals surface area (Å²) in [6, 6.07) is 7.73. The maximum absolute atomic E-state index is 12.7. The van der Waals surface area contributed by atoms with Crippen molar-refractivity contribution >= 4 is 31.9 Å². The van der Waals surface area contributed by atoms with Crippen molar-refractivity contribution in [1.29, 1.82) is 0 Å². The number of sulfonamides is 1. The smallest absolute Gasteiger partial charge is 0.223 e. The van der Waals surface area contributed by atoms with Gasteiger partial charge >= 0.3 is 0 Å². The van der Waals surface area contributed by atoms with Crippen molar-refractivity contribution in [3.63, 3.8) is 0 Å². The van der Waals surface area contributed by atoms with E-state index in [-0.39, 0.29) is 17.6 Å². The summed E-state index contributed by atoms with van der Waals surface area (Å²) in [5.74, 6) is 1.58. The topological polar surface area (TPSA) is 66.5 Å². The Morgan fingerprint density at radius 1 is 1.07 bits per heavy atom. The van der Waals surface area contributed by atoms with Crippen molar-refractivity contribution in [3.8, 4) is 0 Å². The molecule has 2 bridgehead atoms. The van der Waals surface area contributed by atoms with Gasteiger partial charge in [-0.3, -0.25) is 4.79 Å². The molecule has 1 aliphatic heterocycles. The fourth-order valence-electron chi connectivity index (χ4n) is 5.00. The van der Waals surface area contributed by atoms with Crippen LogP contribution in [0.15, 0.2) is 28.7 Å². The first kappa shape index (κ1) is 19.4. The number of carbonyl (C=O) groups excluding carboxylic acids is 1. The van der Waals surface area contributed by atoms with E-state index in [0.717, 1.165) is 22.4 Å². The quantitative estimate of drug-likeness (QED) is 0.741. The van der Waals surface area contributed by atoms with Crippen LogP contribution in [0.1, 0.15) is 44.1 Å². The number of rotatable bonds is 5. The highest BCUT2D eigenvalue weighted by atomic mass is 79.9. The number of fused-ring (bicyclic) bond motifs is 2. The molecule has 0 spiro atoms. The average molecular weight is 455 g/mol. The van der Waals surface area contributed by atoms with E-state index in [9.17, 15) is 13.2 Å². The Morgan fingerprint density at radius 3 is 2.37 bits per heavy atom. The summed E-state index contributed by atoms with van der Waals surface area (Å²) in [4.78, 5) is 12.6. The van der Waals surface area contributed by atoms with Crippen molar-refractivity contribution < 1.29 is 13.2 Å². The van der Waals surface area contributed by atoms with Gasteiger partial charge in [-0.15, -0.1) is 0 Å². The minimum atomic E-state index is -3.34. The highest BCUT2D eigenvalue weighted by Crippen LogP contribution is 2.44.